The monoisotopic (exact) mass is 260 g/mol. The van der Waals surface area contributed by atoms with Gasteiger partial charge in [-0.15, -0.1) is 0 Å². The normalized spacial score (nSPS) is 17.5. The summed E-state index contributed by atoms with van der Waals surface area (Å²) < 4.78 is 0. The smallest absolute Gasteiger partial charge is 0.328 e. The Balaban J connectivity index is 1.84. The number of nitrogens with zero attached hydrogens (tertiary/aromatic N) is 2. The number of piperazine rings is 1. The SMILES string of the molecule is C/C(=C\C(=O)O)CN1CCN(c2ccccc2)CC1. The minimum atomic E-state index is -0.861. The van der Waals surface area contributed by atoms with Crippen LogP contribution >= 0.6 is 0 Å². The third kappa shape index (κ3) is 4.10. The van der Waals surface area contributed by atoms with Crippen LogP contribution < -0.4 is 4.90 Å². The van der Waals surface area contributed by atoms with E-state index in [-0.39, 0.29) is 0 Å². The Morgan fingerprint density at radius 3 is 2.42 bits per heavy atom. The van der Waals surface area contributed by atoms with Crippen LogP contribution in [0.3, 0.4) is 0 Å². The van der Waals surface area contributed by atoms with Crippen molar-refractivity contribution in [2.24, 2.45) is 0 Å². The minimum Gasteiger partial charge on any atom is -0.478 e. The molecule has 1 aromatic carbocycles. The molecule has 102 valence electrons. The van der Waals surface area contributed by atoms with Gasteiger partial charge in [-0.1, -0.05) is 23.8 Å². The lowest BCUT2D eigenvalue weighted by atomic mass is 10.2. The van der Waals surface area contributed by atoms with E-state index in [0.29, 0.717) is 0 Å². The van der Waals surface area contributed by atoms with Crippen molar-refractivity contribution < 1.29 is 9.90 Å². The molecule has 0 saturated carbocycles. The highest BCUT2D eigenvalue weighted by Gasteiger charge is 2.17. The number of aliphatic carboxylic acids is 1. The number of para-hydroxylation sites is 1. The first-order chi connectivity index (χ1) is 9.15. The lowest BCUT2D eigenvalue weighted by Gasteiger charge is -2.36. The van der Waals surface area contributed by atoms with E-state index >= 15 is 0 Å². The average molecular weight is 260 g/mol. The molecule has 0 atom stereocenters. The highest BCUT2D eigenvalue weighted by molar-refractivity contribution is 5.80. The number of carbonyl (C=O) groups is 1. The Bertz CT molecular complexity index is 448. The number of anilines is 1. The first-order valence-electron chi connectivity index (χ1n) is 6.57. The highest BCUT2D eigenvalue weighted by atomic mass is 16.4. The van der Waals surface area contributed by atoms with Gasteiger partial charge in [-0.05, 0) is 19.1 Å². The summed E-state index contributed by atoms with van der Waals surface area (Å²) in [4.78, 5) is 15.3. The zero-order valence-corrected chi connectivity index (χ0v) is 11.2. The van der Waals surface area contributed by atoms with Crippen LogP contribution in [0.4, 0.5) is 5.69 Å². The number of hydrogen-bond donors (Lipinski definition) is 1. The highest BCUT2D eigenvalue weighted by Crippen LogP contribution is 2.15. The van der Waals surface area contributed by atoms with Crippen molar-refractivity contribution in [3.05, 3.63) is 42.0 Å². The van der Waals surface area contributed by atoms with Crippen LogP contribution in [0.5, 0.6) is 0 Å². The summed E-state index contributed by atoms with van der Waals surface area (Å²) >= 11 is 0. The van der Waals surface area contributed by atoms with E-state index in [4.69, 9.17) is 5.11 Å². The van der Waals surface area contributed by atoms with Gasteiger partial charge in [0.25, 0.3) is 0 Å². The second-order valence-corrected chi connectivity index (χ2v) is 4.93. The van der Waals surface area contributed by atoms with Crippen LogP contribution in [0.15, 0.2) is 42.0 Å². The zero-order valence-electron chi connectivity index (χ0n) is 11.2. The minimum absolute atomic E-state index is 0.745. The molecule has 1 N–H and O–H groups in total. The summed E-state index contributed by atoms with van der Waals surface area (Å²) in [5.41, 5.74) is 2.17. The van der Waals surface area contributed by atoms with Gasteiger partial charge in [0.05, 0.1) is 0 Å². The number of hydrogen-bond acceptors (Lipinski definition) is 3. The Hall–Kier alpha value is -1.81. The van der Waals surface area contributed by atoms with Gasteiger partial charge in [-0.2, -0.15) is 0 Å². The van der Waals surface area contributed by atoms with Crippen molar-refractivity contribution in [2.45, 2.75) is 6.92 Å². The molecule has 2 rings (SSSR count). The first-order valence-corrected chi connectivity index (χ1v) is 6.57. The fraction of sp³-hybridized carbons (Fsp3) is 0.400. The average Bonchev–Trinajstić information content (AvgIpc) is 2.39. The molecule has 1 aromatic rings. The van der Waals surface area contributed by atoms with Gasteiger partial charge in [-0.3, -0.25) is 4.90 Å². The molecule has 19 heavy (non-hydrogen) atoms. The Morgan fingerprint density at radius 1 is 1.21 bits per heavy atom. The summed E-state index contributed by atoms with van der Waals surface area (Å²) in [6, 6.07) is 10.4. The molecule has 1 aliphatic rings. The van der Waals surface area contributed by atoms with Gasteiger partial charge in [0.2, 0.25) is 0 Å². The lowest BCUT2D eigenvalue weighted by Crippen LogP contribution is -2.46. The van der Waals surface area contributed by atoms with Crippen molar-refractivity contribution in [3.8, 4) is 0 Å². The third-order valence-corrected chi connectivity index (χ3v) is 3.34. The fourth-order valence-electron chi connectivity index (χ4n) is 2.41. The third-order valence-electron chi connectivity index (χ3n) is 3.34. The summed E-state index contributed by atoms with van der Waals surface area (Å²) in [6.07, 6.45) is 1.30. The largest absolute Gasteiger partial charge is 0.478 e. The lowest BCUT2D eigenvalue weighted by molar-refractivity contribution is -0.131. The van der Waals surface area contributed by atoms with Gasteiger partial charge >= 0.3 is 5.97 Å². The molecule has 0 bridgehead atoms. The maximum absolute atomic E-state index is 10.6. The molecule has 0 aromatic heterocycles. The molecule has 1 heterocycles. The number of carboxylic acid groups (broad SMARTS) is 1. The predicted octanol–water partition coefficient (Wildman–Crippen LogP) is 1.84. The summed E-state index contributed by atoms with van der Waals surface area (Å²) in [7, 11) is 0. The molecule has 4 heteroatoms. The molecule has 1 fully saturated rings. The van der Waals surface area contributed by atoms with Gasteiger partial charge in [0.1, 0.15) is 0 Å². The maximum Gasteiger partial charge on any atom is 0.328 e. The number of benzene rings is 1. The second-order valence-electron chi connectivity index (χ2n) is 4.93. The molecule has 0 radical (unpaired) electrons. The van der Waals surface area contributed by atoms with Gasteiger partial charge < -0.3 is 10.0 Å². The molecule has 4 nitrogen and oxygen atoms in total. The predicted molar refractivity (Wildman–Crippen MR) is 76.5 cm³/mol. The Kier molecular flexibility index (Phi) is 4.58. The van der Waals surface area contributed by atoms with Crippen molar-refractivity contribution in [1.82, 2.24) is 4.90 Å². The summed E-state index contributed by atoms with van der Waals surface area (Å²) in [5.74, 6) is -0.861. The number of rotatable bonds is 4. The van der Waals surface area contributed by atoms with Crippen molar-refractivity contribution >= 4 is 11.7 Å². The van der Waals surface area contributed by atoms with Gasteiger partial charge in [-0.25, -0.2) is 4.79 Å². The van der Waals surface area contributed by atoms with E-state index in [1.807, 2.05) is 13.0 Å². The van der Waals surface area contributed by atoms with Crippen LogP contribution in [-0.4, -0.2) is 48.7 Å². The van der Waals surface area contributed by atoms with Gasteiger partial charge in [0.15, 0.2) is 0 Å². The zero-order chi connectivity index (χ0) is 13.7. The second kappa shape index (κ2) is 6.38. The van der Waals surface area contributed by atoms with E-state index in [9.17, 15) is 4.79 Å². The molecule has 1 saturated heterocycles. The van der Waals surface area contributed by atoms with Crippen LogP contribution in [-0.2, 0) is 4.79 Å². The van der Waals surface area contributed by atoms with E-state index in [1.165, 1.54) is 11.8 Å². The topological polar surface area (TPSA) is 43.8 Å². The van der Waals surface area contributed by atoms with Crippen molar-refractivity contribution in [3.63, 3.8) is 0 Å². The van der Waals surface area contributed by atoms with E-state index in [0.717, 1.165) is 38.3 Å². The van der Waals surface area contributed by atoms with Crippen LogP contribution in [0, 0.1) is 0 Å². The van der Waals surface area contributed by atoms with Crippen LogP contribution in [0.25, 0.3) is 0 Å². The van der Waals surface area contributed by atoms with Crippen LogP contribution in [0.1, 0.15) is 6.92 Å². The molecular formula is C15H20N2O2. The van der Waals surface area contributed by atoms with Gasteiger partial charge in [0, 0.05) is 44.5 Å². The van der Waals surface area contributed by atoms with Crippen LogP contribution in [0.2, 0.25) is 0 Å². The van der Waals surface area contributed by atoms with E-state index < -0.39 is 5.97 Å². The van der Waals surface area contributed by atoms with E-state index in [2.05, 4.69) is 34.1 Å². The summed E-state index contributed by atoms with van der Waals surface area (Å²) in [6.45, 7) is 6.54. The van der Waals surface area contributed by atoms with Crippen molar-refractivity contribution in [1.29, 1.82) is 0 Å². The quantitative estimate of drug-likeness (QED) is 0.839. The number of carboxylic acids is 1. The molecule has 0 aliphatic carbocycles. The molecule has 0 amide bonds. The van der Waals surface area contributed by atoms with Crippen molar-refractivity contribution in [2.75, 3.05) is 37.6 Å². The molecule has 0 spiro atoms. The summed E-state index contributed by atoms with van der Waals surface area (Å²) in [5, 5.41) is 8.70. The standard InChI is InChI=1S/C15H20N2O2/c1-13(11-15(18)19)12-16-7-9-17(10-8-16)14-5-3-2-4-6-14/h2-6,11H,7-10,12H2,1H3,(H,18,19)/b13-11+. The molecular weight excluding hydrogens is 240 g/mol. The van der Waals surface area contributed by atoms with E-state index in [1.54, 1.807) is 0 Å². The molecule has 1 aliphatic heterocycles. The fourth-order valence-corrected chi connectivity index (χ4v) is 2.41. The maximum atomic E-state index is 10.6. The molecule has 0 unspecified atom stereocenters. The first kappa shape index (κ1) is 13.6. The Morgan fingerprint density at radius 2 is 1.84 bits per heavy atom. The Labute approximate surface area is 113 Å².